The zero-order valence-electron chi connectivity index (χ0n) is 11.6. The van der Waals surface area contributed by atoms with Crippen molar-refractivity contribution in [2.75, 3.05) is 19.7 Å². The fourth-order valence-electron chi connectivity index (χ4n) is 2.74. The van der Waals surface area contributed by atoms with Crippen LogP contribution >= 0.6 is 11.6 Å². The number of para-hydroxylation sites is 1. The van der Waals surface area contributed by atoms with Crippen LogP contribution in [0.3, 0.4) is 0 Å². The van der Waals surface area contributed by atoms with Crippen LogP contribution in [0.15, 0.2) is 24.3 Å². The van der Waals surface area contributed by atoms with Gasteiger partial charge in [0.15, 0.2) is 0 Å². The number of amides is 1. The Morgan fingerprint density at radius 1 is 1.40 bits per heavy atom. The standard InChI is InChI=1S/C15H17ClN2O2/c1-10-9-18(7-8-20-10)15(19)14-13(16)11-5-3-4-6-12(11)17(14)2/h3-6,10H,7-9H2,1-2H3/t10-/m1/s1. The zero-order chi connectivity index (χ0) is 14.3. The molecule has 3 rings (SSSR count). The smallest absolute Gasteiger partial charge is 0.272 e. The number of halogens is 1. The van der Waals surface area contributed by atoms with Gasteiger partial charge in [0.25, 0.3) is 5.91 Å². The number of aryl methyl sites for hydroxylation is 1. The van der Waals surface area contributed by atoms with Crippen LogP contribution in [0, 0.1) is 0 Å². The second kappa shape index (κ2) is 5.11. The van der Waals surface area contributed by atoms with Gasteiger partial charge in [-0.15, -0.1) is 0 Å². The maximum Gasteiger partial charge on any atom is 0.272 e. The van der Waals surface area contributed by atoms with Gasteiger partial charge < -0.3 is 14.2 Å². The molecule has 1 aromatic heterocycles. The van der Waals surface area contributed by atoms with Crippen LogP contribution in [-0.2, 0) is 11.8 Å². The minimum atomic E-state index is -0.0242. The first-order valence-electron chi connectivity index (χ1n) is 6.73. The molecule has 106 valence electrons. The summed E-state index contributed by atoms with van der Waals surface area (Å²) in [5.74, 6) is -0.0242. The molecule has 1 atom stereocenters. The summed E-state index contributed by atoms with van der Waals surface area (Å²) in [5.41, 5.74) is 1.53. The summed E-state index contributed by atoms with van der Waals surface area (Å²) in [5, 5.41) is 1.45. The molecule has 0 bridgehead atoms. The Kier molecular flexibility index (Phi) is 3.44. The molecule has 1 fully saturated rings. The minimum Gasteiger partial charge on any atom is -0.375 e. The molecule has 1 aromatic carbocycles. The van der Waals surface area contributed by atoms with Gasteiger partial charge in [-0.1, -0.05) is 29.8 Å². The molecule has 0 radical (unpaired) electrons. The molecule has 20 heavy (non-hydrogen) atoms. The van der Waals surface area contributed by atoms with Crippen molar-refractivity contribution in [2.24, 2.45) is 7.05 Å². The Labute approximate surface area is 122 Å². The summed E-state index contributed by atoms with van der Waals surface area (Å²) in [4.78, 5) is 14.5. The lowest BCUT2D eigenvalue weighted by Gasteiger charge is -2.31. The number of carbonyl (C=O) groups excluding carboxylic acids is 1. The monoisotopic (exact) mass is 292 g/mol. The Morgan fingerprint density at radius 2 is 2.15 bits per heavy atom. The van der Waals surface area contributed by atoms with E-state index in [4.69, 9.17) is 16.3 Å². The van der Waals surface area contributed by atoms with Crippen molar-refractivity contribution in [3.8, 4) is 0 Å². The van der Waals surface area contributed by atoms with E-state index in [1.807, 2.05) is 47.7 Å². The molecule has 1 aliphatic heterocycles. The number of nitrogens with zero attached hydrogens (tertiary/aromatic N) is 2. The van der Waals surface area contributed by atoms with Gasteiger partial charge >= 0.3 is 0 Å². The highest BCUT2D eigenvalue weighted by Gasteiger charge is 2.27. The van der Waals surface area contributed by atoms with E-state index in [1.165, 1.54) is 0 Å². The maximum absolute atomic E-state index is 12.7. The van der Waals surface area contributed by atoms with Gasteiger partial charge in [0.05, 0.1) is 17.7 Å². The third-order valence-electron chi connectivity index (χ3n) is 3.78. The van der Waals surface area contributed by atoms with Crippen LogP contribution in [0.4, 0.5) is 0 Å². The second-order valence-electron chi connectivity index (χ2n) is 5.17. The van der Waals surface area contributed by atoms with Crippen molar-refractivity contribution in [3.63, 3.8) is 0 Å². The molecule has 0 spiro atoms. The first-order valence-corrected chi connectivity index (χ1v) is 7.11. The normalized spacial score (nSPS) is 19.6. The number of rotatable bonds is 1. The lowest BCUT2D eigenvalue weighted by Crippen LogP contribution is -2.45. The van der Waals surface area contributed by atoms with E-state index in [0.717, 1.165) is 10.9 Å². The lowest BCUT2D eigenvalue weighted by molar-refractivity contribution is -0.0127. The number of fused-ring (bicyclic) bond motifs is 1. The molecule has 0 unspecified atom stereocenters. The third kappa shape index (κ3) is 2.09. The molecule has 1 saturated heterocycles. The van der Waals surface area contributed by atoms with Crippen LogP contribution < -0.4 is 0 Å². The van der Waals surface area contributed by atoms with Crippen molar-refractivity contribution in [3.05, 3.63) is 35.0 Å². The quantitative estimate of drug-likeness (QED) is 0.810. The summed E-state index contributed by atoms with van der Waals surface area (Å²) in [6.07, 6.45) is 0.0705. The molecule has 2 heterocycles. The Bertz CT molecular complexity index is 626. The average Bonchev–Trinajstić information content (AvgIpc) is 2.71. The first kappa shape index (κ1) is 13.5. The highest BCUT2D eigenvalue weighted by atomic mass is 35.5. The van der Waals surface area contributed by atoms with E-state index in [0.29, 0.717) is 30.4 Å². The molecule has 4 nitrogen and oxygen atoms in total. The molecule has 0 aliphatic carbocycles. The predicted octanol–water partition coefficient (Wildman–Crippen LogP) is 2.69. The number of benzene rings is 1. The van der Waals surface area contributed by atoms with Crippen molar-refractivity contribution >= 4 is 28.4 Å². The summed E-state index contributed by atoms with van der Waals surface area (Å²) >= 11 is 6.41. The lowest BCUT2D eigenvalue weighted by atomic mass is 10.2. The van der Waals surface area contributed by atoms with Gasteiger partial charge in [-0.3, -0.25) is 4.79 Å². The summed E-state index contributed by atoms with van der Waals surface area (Å²) in [6, 6.07) is 7.79. The average molecular weight is 293 g/mol. The van der Waals surface area contributed by atoms with Crippen LogP contribution in [-0.4, -0.2) is 41.2 Å². The molecule has 1 amide bonds. The molecule has 1 aliphatic rings. The van der Waals surface area contributed by atoms with Crippen molar-refractivity contribution in [2.45, 2.75) is 13.0 Å². The zero-order valence-corrected chi connectivity index (χ0v) is 12.4. The second-order valence-corrected chi connectivity index (χ2v) is 5.55. The Morgan fingerprint density at radius 3 is 2.85 bits per heavy atom. The first-order chi connectivity index (χ1) is 9.59. The summed E-state index contributed by atoms with van der Waals surface area (Å²) < 4.78 is 7.35. The maximum atomic E-state index is 12.7. The number of hydrogen-bond donors (Lipinski definition) is 0. The Hall–Kier alpha value is -1.52. The predicted molar refractivity (Wildman–Crippen MR) is 79.2 cm³/mol. The molecule has 2 aromatic rings. The van der Waals surface area contributed by atoms with Gasteiger partial charge in [0, 0.05) is 31.0 Å². The molecule has 0 N–H and O–H groups in total. The molecular weight excluding hydrogens is 276 g/mol. The number of aromatic nitrogens is 1. The van der Waals surface area contributed by atoms with Crippen LogP contribution in [0.25, 0.3) is 10.9 Å². The van der Waals surface area contributed by atoms with E-state index >= 15 is 0 Å². The van der Waals surface area contributed by atoms with E-state index in [9.17, 15) is 4.79 Å². The van der Waals surface area contributed by atoms with Crippen LogP contribution in [0.1, 0.15) is 17.4 Å². The van der Waals surface area contributed by atoms with Gasteiger partial charge in [-0.05, 0) is 13.0 Å². The number of ether oxygens (including phenoxy) is 1. The largest absolute Gasteiger partial charge is 0.375 e. The van der Waals surface area contributed by atoms with Crippen LogP contribution in [0.2, 0.25) is 5.02 Å². The topological polar surface area (TPSA) is 34.5 Å². The summed E-state index contributed by atoms with van der Waals surface area (Å²) in [7, 11) is 1.88. The Balaban J connectivity index is 2.03. The van der Waals surface area contributed by atoms with Gasteiger partial charge in [-0.2, -0.15) is 0 Å². The fourth-order valence-corrected chi connectivity index (χ4v) is 3.10. The van der Waals surface area contributed by atoms with Crippen molar-refractivity contribution in [1.29, 1.82) is 0 Å². The van der Waals surface area contributed by atoms with Crippen LogP contribution in [0.5, 0.6) is 0 Å². The van der Waals surface area contributed by atoms with Gasteiger partial charge in [0.2, 0.25) is 0 Å². The molecule has 0 saturated carbocycles. The SMILES string of the molecule is C[C@@H]1CN(C(=O)c2c(Cl)c3ccccc3n2C)CCO1. The number of morpholine rings is 1. The third-order valence-corrected chi connectivity index (χ3v) is 4.16. The fraction of sp³-hybridized carbons (Fsp3) is 0.400. The van der Waals surface area contributed by atoms with E-state index < -0.39 is 0 Å². The number of hydrogen-bond acceptors (Lipinski definition) is 2. The van der Waals surface area contributed by atoms with Crippen molar-refractivity contribution in [1.82, 2.24) is 9.47 Å². The van der Waals surface area contributed by atoms with E-state index in [2.05, 4.69) is 0 Å². The van der Waals surface area contributed by atoms with E-state index in [1.54, 1.807) is 0 Å². The highest BCUT2D eigenvalue weighted by Crippen LogP contribution is 2.30. The minimum absolute atomic E-state index is 0.0242. The highest BCUT2D eigenvalue weighted by molar-refractivity contribution is 6.38. The van der Waals surface area contributed by atoms with Gasteiger partial charge in [-0.25, -0.2) is 0 Å². The molecule has 5 heteroatoms. The van der Waals surface area contributed by atoms with Crippen molar-refractivity contribution < 1.29 is 9.53 Å². The number of carbonyl (C=O) groups is 1. The van der Waals surface area contributed by atoms with E-state index in [-0.39, 0.29) is 12.0 Å². The van der Waals surface area contributed by atoms with Gasteiger partial charge in [0.1, 0.15) is 5.69 Å². The summed E-state index contributed by atoms with van der Waals surface area (Å²) in [6.45, 7) is 3.77. The molecular formula is C15H17ClN2O2.